The Hall–Kier alpha value is -2.42. The van der Waals surface area contributed by atoms with Gasteiger partial charge in [-0.3, -0.25) is 9.59 Å². The van der Waals surface area contributed by atoms with Gasteiger partial charge in [0.2, 0.25) is 5.91 Å². The van der Waals surface area contributed by atoms with E-state index in [4.69, 9.17) is 0 Å². The predicted octanol–water partition coefficient (Wildman–Crippen LogP) is 4.30. The lowest BCUT2D eigenvalue weighted by atomic mass is 9.89. The number of ketones is 1. The Morgan fingerprint density at radius 1 is 0.923 bits per heavy atom. The van der Waals surface area contributed by atoms with Crippen LogP contribution >= 0.6 is 0 Å². The quantitative estimate of drug-likeness (QED) is 0.729. The van der Waals surface area contributed by atoms with Gasteiger partial charge in [0.05, 0.1) is 0 Å². The van der Waals surface area contributed by atoms with Crippen molar-refractivity contribution in [1.82, 2.24) is 4.90 Å². The monoisotopic (exact) mass is 349 g/mol. The molecule has 0 aliphatic carbocycles. The highest BCUT2D eigenvalue weighted by Crippen LogP contribution is 2.22. The topological polar surface area (TPSA) is 37.4 Å². The summed E-state index contributed by atoms with van der Waals surface area (Å²) in [7, 11) is 0. The fraction of sp³-hybridized carbons (Fsp3) is 0.391. The van der Waals surface area contributed by atoms with Crippen molar-refractivity contribution in [2.75, 3.05) is 13.1 Å². The van der Waals surface area contributed by atoms with Gasteiger partial charge in [-0.2, -0.15) is 0 Å². The number of hydrogen-bond acceptors (Lipinski definition) is 2. The Bertz CT molecular complexity index is 729. The van der Waals surface area contributed by atoms with Gasteiger partial charge in [0.15, 0.2) is 5.78 Å². The minimum atomic E-state index is 0.0445. The molecule has 0 N–H and O–H groups in total. The predicted molar refractivity (Wildman–Crippen MR) is 104 cm³/mol. The number of rotatable bonds is 6. The molecule has 1 amide bonds. The Morgan fingerprint density at radius 2 is 1.54 bits per heavy atom. The zero-order valence-corrected chi connectivity index (χ0v) is 15.5. The fourth-order valence-electron chi connectivity index (χ4n) is 3.58. The molecular formula is C23H27NO2. The Balaban J connectivity index is 1.46. The molecule has 0 atom stereocenters. The van der Waals surface area contributed by atoms with Crippen molar-refractivity contribution in [3.8, 4) is 0 Å². The Morgan fingerprint density at radius 3 is 2.15 bits per heavy atom. The van der Waals surface area contributed by atoms with Crippen molar-refractivity contribution in [3.63, 3.8) is 0 Å². The minimum absolute atomic E-state index is 0.0445. The lowest BCUT2D eigenvalue weighted by Crippen LogP contribution is -2.40. The fourth-order valence-corrected chi connectivity index (χ4v) is 3.58. The van der Waals surface area contributed by atoms with E-state index in [0.29, 0.717) is 19.5 Å². The van der Waals surface area contributed by atoms with E-state index >= 15 is 0 Å². The van der Waals surface area contributed by atoms with E-state index in [9.17, 15) is 9.59 Å². The molecule has 0 saturated carbocycles. The van der Waals surface area contributed by atoms with Crippen molar-refractivity contribution in [2.45, 2.75) is 39.0 Å². The second-order valence-corrected chi connectivity index (χ2v) is 7.06. The maximum absolute atomic E-state index is 12.5. The van der Waals surface area contributed by atoms with Gasteiger partial charge < -0.3 is 4.90 Å². The molecular weight excluding hydrogens is 322 g/mol. The highest BCUT2D eigenvalue weighted by Gasteiger charge is 2.27. The second kappa shape index (κ2) is 8.79. The maximum Gasteiger partial charge on any atom is 0.222 e. The largest absolute Gasteiger partial charge is 0.343 e. The molecule has 2 aromatic carbocycles. The average molecular weight is 349 g/mol. The molecule has 0 unspecified atom stereocenters. The van der Waals surface area contributed by atoms with Crippen molar-refractivity contribution >= 4 is 11.7 Å². The van der Waals surface area contributed by atoms with Gasteiger partial charge in [-0.15, -0.1) is 0 Å². The normalized spacial score (nSPS) is 15.0. The summed E-state index contributed by atoms with van der Waals surface area (Å²) >= 11 is 0. The molecule has 0 radical (unpaired) electrons. The first-order valence-electron chi connectivity index (χ1n) is 9.62. The molecule has 3 nitrogen and oxygen atoms in total. The van der Waals surface area contributed by atoms with Crippen LogP contribution in [0.15, 0.2) is 54.6 Å². The summed E-state index contributed by atoms with van der Waals surface area (Å²) < 4.78 is 0. The van der Waals surface area contributed by atoms with Gasteiger partial charge in [-0.1, -0.05) is 61.5 Å². The first-order chi connectivity index (χ1) is 12.7. The van der Waals surface area contributed by atoms with Crippen LogP contribution in [0.3, 0.4) is 0 Å². The zero-order chi connectivity index (χ0) is 18.4. The highest BCUT2D eigenvalue weighted by molar-refractivity contribution is 5.98. The molecule has 0 bridgehead atoms. The number of benzene rings is 2. The first-order valence-corrected chi connectivity index (χ1v) is 9.62. The number of amides is 1. The van der Waals surface area contributed by atoms with E-state index < -0.39 is 0 Å². The highest BCUT2D eigenvalue weighted by atomic mass is 16.2. The first kappa shape index (κ1) is 18.4. The molecule has 136 valence electrons. The van der Waals surface area contributed by atoms with Crippen LogP contribution in [0.1, 0.15) is 47.7 Å². The summed E-state index contributed by atoms with van der Waals surface area (Å²) in [5.74, 6) is 0.465. The van der Waals surface area contributed by atoms with Gasteiger partial charge in [-0.25, -0.2) is 0 Å². The van der Waals surface area contributed by atoms with E-state index in [1.54, 1.807) is 0 Å². The molecule has 26 heavy (non-hydrogen) atoms. The smallest absolute Gasteiger partial charge is 0.222 e. The zero-order valence-electron chi connectivity index (χ0n) is 15.5. The lowest BCUT2D eigenvalue weighted by molar-refractivity contribution is -0.132. The number of nitrogens with zero attached hydrogens (tertiary/aromatic N) is 1. The molecule has 0 spiro atoms. The van der Waals surface area contributed by atoms with Crippen LogP contribution in [0, 0.1) is 5.92 Å². The number of carbonyl (C=O) groups excluding carboxylic acids is 2. The molecule has 3 heteroatoms. The molecule has 1 fully saturated rings. The summed E-state index contributed by atoms with van der Waals surface area (Å²) in [5.41, 5.74) is 3.32. The van der Waals surface area contributed by atoms with Crippen molar-refractivity contribution in [3.05, 3.63) is 71.3 Å². The standard InChI is InChI=1S/C23H27NO2/c1-2-18-8-10-19(11-9-18)12-13-22(25)24-16-14-21(15-17-24)23(26)20-6-4-3-5-7-20/h3-11,21H,2,12-17H2,1H3. The molecule has 1 saturated heterocycles. The van der Waals surface area contributed by atoms with Crippen molar-refractivity contribution < 1.29 is 9.59 Å². The van der Waals surface area contributed by atoms with Crippen LogP contribution in [0.2, 0.25) is 0 Å². The van der Waals surface area contributed by atoms with Crippen LogP contribution in [0.4, 0.5) is 0 Å². The number of aryl methyl sites for hydroxylation is 2. The molecule has 2 aromatic rings. The number of piperidine rings is 1. The van der Waals surface area contributed by atoms with Gasteiger partial charge in [-0.05, 0) is 36.8 Å². The third kappa shape index (κ3) is 4.60. The molecule has 3 rings (SSSR count). The Labute approximate surface area is 156 Å². The molecule has 0 aromatic heterocycles. The van der Waals surface area contributed by atoms with E-state index in [1.807, 2.05) is 35.2 Å². The average Bonchev–Trinajstić information content (AvgIpc) is 2.72. The summed E-state index contributed by atoms with van der Waals surface area (Å²) in [6.07, 6.45) is 3.90. The summed E-state index contributed by atoms with van der Waals surface area (Å²) in [6.45, 7) is 3.53. The summed E-state index contributed by atoms with van der Waals surface area (Å²) in [4.78, 5) is 26.9. The van der Waals surface area contributed by atoms with Crippen LogP contribution in [-0.2, 0) is 17.6 Å². The van der Waals surface area contributed by atoms with Gasteiger partial charge in [0, 0.05) is 31.0 Å². The van der Waals surface area contributed by atoms with Gasteiger partial charge in [0.25, 0.3) is 0 Å². The number of Topliss-reactive ketones (excluding diaryl/α,β-unsaturated/α-hetero) is 1. The van der Waals surface area contributed by atoms with E-state index in [-0.39, 0.29) is 17.6 Å². The van der Waals surface area contributed by atoms with Gasteiger partial charge >= 0.3 is 0 Å². The summed E-state index contributed by atoms with van der Waals surface area (Å²) in [6, 6.07) is 18.0. The van der Waals surface area contributed by atoms with Crippen molar-refractivity contribution in [2.24, 2.45) is 5.92 Å². The Kier molecular flexibility index (Phi) is 6.21. The number of carbonyl (C=O) groups is 2. The van der Waals surface area contributed by atoms with E-state index in [0.717, 1.165) is 31.2 Å². The third-order valence-electron chi connectivity index (χ3n) is 5.34. The summed E-state index contributed by atoms with van der Waals surface area (Å²) in [5, 5.41) is 0. The van der Waals surface area contributed by atoms with Crippen molar-refractivity contribution in [1.29, 1.82) is 0 Å². The second-order valence-electron chi connectivity index (χ2n) is 7.06. The number of hydrogen-bond donors (Lipinski definition) is 0. The van der Waals surface area contributed by atoms with E-state index in [1.165, 1.54) is 11.1 Å². The SMILES string of the molecule is CCc1ccc(CCC(=O)N2CCC(C(=O)c3ccccc3)CC2)cc1. The third-order valence-corrected chi connectivity index (χ3v) is 5.34. The van der Waals surface area contributed by atoms with Crippen LogP contribution in [0.25, 0.3) is 0 Å². The van der Waals surface area contributed by atoms with Crippen LogP contribution in [0.5, 0.6) is 0 Å². The van der Waals surface area contributed by atoms with E-state index in [2.05, 4.69) is 31.2 Å². The van der Waals surface area contributed by atoms with Gasteiger partial charge in [0.1, 0.15) is 0 Å². The lowest BCUT2D eigenvalue weighted by Gasteiger charge is -2.31. The minimum Gasteiger partial charge on any atom is -0.343 e. The molecule has 1 heterocycles. The van der Waals surface area contributed by atoms with Crippen LogP contribution in [-0.4, -0.2) is 29.7 Å². The molecule has 1 aliphatic rings. The number of likely N-dealkylation sites (tertiary alicyclic amines) is 1. The maximum atomic E-state index is 12.5. The molecule has 1 aliphatic heterocycles. The van der Waals surface area contributed by atoms with Crippen LogP contribution < -0.4 is 0 Å².